The molecule has 0 saturated carbocycles. The van der Waals surface area contributed by atoms with E-state index in [0.717, 1.165) is 14.9 Å². The van der Waals surface area contributed by atoms with Crippen molar-refractivity contribution in [1.82, 2.24) is 24.9 Å². The van der Waals surface area contributed by atoms with Crippen molar-refractivity contribution in [2.45, 2.75) is 13.5 Å². The van der Waals surface area contributed by atoms with Crippen molar-refractivity contribution >= 4 is 0 Å². The molecule has 0 aliphatic carbocycles. The van der Waals surface area contributed by atoms with Crippen molar-refractivity contribution in [2.75, 3.05) is 0 Å². The first-order valence-electron chi connectivity index (χ1n) is 6.69. The Morgan fingerprint density at radius 2 is 2.29 bits per heavy atom. The molecular weight excluding hydrogens is 274 g/mol. The Balaban J connectivity index is 1.84. The Bertz CT molecular complexity index is 867. The number of benzene rings is 1. The summed E-state index contributed by atoms with van der Waals surface area (Å²) in [7, 11) is 1.50. The van der Waals surface area contributed by atoms with E-state index in [1.807, 2.05) is 6.92 Å². The number of rotatable bonds is 4. The van der Waals surface area contributed by atoms with E-state index in [0.29, 0.717) is 23.2 Å². The maximum Gasteiger partial charge on any atom is 0.368 e. The van der Waals surface area contributed by atoms with Gasteiger partial charge in [-0.1, -0.05) is 23.3 Å². The molecule has 0 spiro atoms. The van der Waals surface area contributed by atoms with E-state index < -0.39 is 5.69 Å². The SMILES string of the molecule is [3H]c1ccc(OCc2oncc2-n2nnn(C)c2=O)c(C)c1. The summed E-state index contributed by atoms with van der Waals surface area (Å²) in [6.07, 6.45) is 1.38. The van der Waals surface area contributed by atoms with E-state index in [2.05, 4.69) is 15.6 Å². The number of para-hydroxylation sites is 1. The molecule has 0 amide bonds. The molecule has 2 heterocycles. The van der Waals surface area contributed by atoms with Crippen molar-refractivity contribution in [3.8, 4) is 11.4 Å². The van der Waals surface area contributed by atoms with Gasteiger partial charge in [0.1, 0.15) is 11.4 Å². The van der Waals surface area contributed by atoms with Crippen LogP contribution in [0.1, 0.15) is 12.7 Å². The van der Waals surface area contributed by atoms with Crippen LogP contribution >= 0.6 is 0 Å². The van der Waals surface area contributed by atoms with Gasteiger partial charge in [0, 0.05) is 7.05 Å². The summed E-state index contributed by atoms with van der Waals surface area (Å²) >= 11 is 0. The number of aromatic nitrogens is 5. The Kier molecular flexibility index (Phi) is 2.96. The Labute approximate surface area is 120 Å². The lowest BCUT2D eigenvalue weighted by Crippen LogP contribution is -2.22. The highest BCUT2D eigenvalue weighted by molar-refractivity contribution is 5.33. The minimum absolute atomic E-state index is 0.0799. The second-order valence-corrected chi connectivity index (χ2v) is 4.41. The second kappa shape index (κ2) is 5.23. The fourth-order valence-corrected chi connectivity index (χ4v) is 1.80. The normalized spacial score (nSPS) is 11.4. The van der Waals surface area contributed by atoms with E-state index in [-0.39, 0.29) is 6.61 Å². The molecule has 8 heteroatoms. The van der Waals surface area contributed by atoms with Gasteiger partial charge < -0.3 is 9.26 Å². The van der Waals surface area contributed by atoms with E-state index >= 15 is 0 Å². The van der Waals surface area contributed by atoms with Crippen LogP contribution in [0, 0.1) is 6.92 Å². The molecule has 0 fully saturated rings. The summed E-state index contributed by atoms with van der Waals surface area (Å²) in [6, 6.07) is 5.46. The van der Waals surface area contributed by atoms with Crippen molar-refractivity contribution in [2.24, 2.45) is 7.05 Å². The summed E-state index contributed by atoms with van der Waals surface area (Å²) in [5, 5.41) is 11.1. The van der Waals surface area contributed by atoms with Crippen LogP contribution in [0.15, 0.2) is 39.8 Å². The number of tetrazole rings is 1. The van der Waals surface area contributed by atoms with Crippen LogP contribution in [0.3, 0.4) is 0 Å². The first kappa shape index (κ1) is 11.9. The van der Waals surface area contributed by atoms with Crippen LogP contribution in [0.25, 0.3) is 5.69 Å². The monoisotopic (exact) mass is 289 g/mol. The van der Waals surface area contributed by atoms with E-state index in [4.69, 9.17) is 10.6 Å². The number of aryl methyl sites for hydroxylation is 2. The van der Waals surface area contributed by atoms with Gasteiger partial charge in [0.25, 0.3) is 0 Å². The molecule has 3 rings (SSSR count). The van der Waals surface area contributed by atoms with E-state index in [9.17, 15) is 4.79 Å². The predicted molar refractivity (Wildman–Crippen MR) is 72.2 cm³/mol. The van der Waals surface area contributed by atoms with Gasteiger partial charge in [-0.2, -0.15) is 9.36 Å². The molecule has 108 valence electrons. The van der Waals surface area contributed by atoms with Crippen LogP contribution in [-0.4, -0.2) is 24.9 Å². The molecule has 3 aromatic rings. The van der Waals surface area contributed by atoms with Crippen LogP contribution in [0.2, 0.25) is 0 Å². The second-order valence-electron chi connectivity index (χ2n) is 4.41. The summed E-state index contributed by atoms with van der Waals surface area (Å²) in [5.41, 5.74) is 0.817. The topological polar surface area (TPSA) is 88.0 Å². The lowest BCUT2D eigenvalue weighted by atomic mass is 10.2. The fraction of sp³-hybridized carbons (Fsp3) is 0.231. The molecule has 0 radical (unpaired) electrons. The van der Waals surface area contributed by atoms with Crippen LogP contribution < -0.4 is 10.4 Å². The van der Waals surface area contributed by atoms with Gasteiger partial charge in [0.15, 0.2) is 12.4 Å². The van der Waals surface area contributed by atoms with Gasteiger partial charge >= 0.3 is 5.69 Å². The van der Waals surface area contributed by atoms with Gasteiger partial charge in [-0.3, -0.25) is 0 Å². The zero-order valence-electron chi connectivity index (χ0n) is 12.5. The smallest absolute Gasteiger partial charge is 0.368 e. The predicted octanol–water partition coefficient (Wildman–Crippen LogP) is 0.841. The largest absolute Gasteiger partial charge is 0.485 e. The van der Waals surface area contributed by atoms with Gasteiger partial charge in [0.2, 0.25) is 0 Å². The molecule has 1 aromatic carbocycles. The van der Waals surface area contributed by atoms with E-state index in [1.54, 1.807) is 18.2 Å². The summed E-state index contributed by atoms with van der Waals surface area (Å²) < 4.78 is 20.5. The standard InChI is InChI=1S/C13H13N5O3/c1-9-5-3-4-6-11(9)20-8-12-10(7-14-21-12)18-13(19)17(2)15-16-18/h3-7H,8H2,1-2H3/i3T. The molecule has 0 aliphatic heterocycles. The van der Waals surface area contributed by atoms with E-state index in [1.165, 1.54) is 13.2 Å². The maximum absolute atomic E-state index is 11.9. The van der Waals surface area contributed by atoms with Gasteiger partial charge in [-0.15, -0.1) is 0 Å². The molecule has 0 saturated heterocycles. The number of nitrogens with zero attached hydrogens (tertiary/aromatic N) is 5. The third-order valence-electron chi connectivity index (χ3n) is 2.95. The van der Waals surface area contributed by atoms with Crippen molar-refractivity contribution in [3.05, 3.63) is 52.2 Å². The molecule has 8 nitrogen and oxygen atoms in total. The summed E-state index contributed by atoms with van der Waals surface area (Å²) in [5.74, 6) is 0.988. The summed E-state index contributed by atoms with van der Waals surface area (Å²) in [4.78, 5) is 11.9. The molecule has 0 aliphatic rings. The van der Waals surface area contributed by atoms with Crippen LogP contribution in [0.5, 0.6) is 5.75 Å². The molecule has 0 unspecified atom stereocenters. The molecular formula is C13H13N5O3. The molecule has 2 aromatic heterocycles. The lowest BCUT2D eigenvalue weighted by Gasteiger charge is -2.07. The minimum atomic E-state index is -0.404. The molecule has 21 heavy (non-hydrogen) atoms. The third kappa shape index (κ3) is 2.42. The van der Waals surface area contributed by atoms with Gasteiger partial charge in [-0.25, -0.2) is 4.79 Å². The maximum atomic E-state index is 11.9. The van der Waals surface area contributed by atoms with Gasteiger partial charge in [0.05, 0.1) is 7.57 Å². The van der Waals surface area contributed by atoms with Crippen LogP contribution in [-0.2, 0) is 13.7 Å². The highest BCUT2D eigenvalue weighted by atomic mass is 16.5. The zero-order valence-corrected chi connectivity index (χ0v) is 11.5. The number of hydrogen-bond acceptors (Lipinski definition) is 6. The van der Waals surface area contributed by atoms with Gasteiger partial charge in [-0.05, 0) is 29.0 Å². The molecule has 0 bridgehead atoms. The average Bonchev–Trinajstić information content (AvgIpc) is 3.06. The third-order valence-corrected chi connectivity index (χ3v) is 2.95. The Morgan fingerprint density at radius 1 is 1.43 bits per heavy atom. The highest BCUT2D eigenvalue weighted by Gasteiger charge is 2.16. The molecule has 0 atom stereocenters. The molecule has 0 N–H and O–H groups in total. The van der Waals surface area contributed by atoms with Crippen molar-refractivity contribution in [1.29, 1.82) is 0 Å². The first-order chi connectivity index (χ1) is 10.6. The summed E-state index contributed by atoms with van der Waals surface area (Å²) in [6.45, 7) is 1.93. The first-order valence-corrected chi connectivity index (χ1v) is 6.19. The zero-order chi connectivity index (χ0) is 15.7. The van der Waals surface area contributed by atoms with Crippen LogP contribution in [0.4, 0.5) is 0 Å². The number of hydrogen-bond donors (Lipinski definition) is 0. The highest BCUT2D eigenvalue weighted by Crippen LogP contribution is 2.19. The average molecular weight is 289 g/mol. The Hall–Kier alpha value is -2.90. The Morgan fingerprint density at radius 3 is 3.00 bits per heavy atom. The van der Waals surface area contributed by atoms with Crippen molar-refractivity contribution < 1.29 is 10.6 Å². The fourth-order valence-electron chi connectivity index (χ4n) is 1.80. The minimum Gasteiger partial charge on any atom is -0.485 e. The quantitative estimate of drug-likeness (QED) is 0.707. The number of ether oxygens (including phenoxy) is 1. The van der Waals surface area contributed by atoms with Crippen molar-refractivity contribution in [3.63, 3.8) is 0 Å². The lowest BCUT2D eigenvalue weighted by molar-refractivity contribution is 0.247.